The fraction of sp³-hybridized carbons (Fsp3) is 0.143. The van der Waals surface area contributed by atoms with Gasteiger partial charge in [-0.15, -0.1) is 0 Å². The lowest BCUT2D eigenvalue weighted by Crippen LogP contribution is -2.39. The van der Waals surface area contributed by atoms with Crippen molar-refractivity contribution in [1.82, 2.24) is 0 Å². The fourth-order valence-electron chi connectivity index (χ4n) is 1.96. The quantitative estimate of drug-likeness (QED) is 0.469. The van der Waals surface area contributed by atoms with Gasteiger partial charge in [-0.1, -0.05) is 0 Å². The molecule has 1 radical (unpaired) electrons. The molecule has 2 aromatic rings. The average Bonchev–Trinajstić information content (AvgIpc) is 2.56. The standard InChI is InChI=1S/C14H6BF8O/c1-3-6(16)8(18)4(9(19)7(3)17)15-5-10(20)12(22)14(24-2)13(23)11(5)21/h1-2H3. The van der Waals surface area contributed by atoms with Crippen LogP contribution in [0.1, 0.15) is 5.56 Å². The molecular formula is C14H6BF8O. The predicted octanol–water partition coefficient (Wildman–Crippen LogP) is 2.77. The van der Waals surface area contributed by atoms with Crippen LogP contribution in [-0.2, 0) is 0 Å². The van der Waals surface area contributed by atoms with Crippen molar-refractivity contribution in [3.63, 3.8) is 0 Å². The highest BCUT2D eigenvalue weighted by Gasteiger charge is 2.30. The van der Waals surface area contributed by atoms with Crippen molar-refractivity contribution < 1.29 is 39.9 Å². The van der Waals surface area contributed by atoms with Gasteiger partial charge in [-0.05, 0) is 17.8 Å². The second kappa shape index (κ2) is 6.33. The summed E-state index contributed by atoms with van der Waals surface area (Å²) < 4.78 is 113. The third-order valence-corrected chi connectivity index (χ3v) is 3.27. The Morgan fingerprint density at radius 2 is 0.917 bits per heavy atom. The first kappa shape index (κ1) is 18.1. The van der Waals surface area contributed by atoms with Gasteiger partial charge < -0.3 is 4.74 Å². The third-order valence-electron chi connectivity index (χ3n) is 3.27. The van der Waals surface area contributed by atoms with Crippen LogP contribution in [0.4, 0.5) is 35.1 Å². The van der Waals surface area contributed by atoms with Crippen LogP contribution in [0.3, 0.4) is 0 Å². The minimum absolute atomic E-state index is 0.0769. The maximum Gasteiger partial charge on any atom is 0.207 e. The van der Waals surface area contributed by atoms with E-state index in [-0.39, 0.29) is 7.28 Å². The van der Waals surface area contributed by atoms with Crippen LogP contribution >= 0.6 is 0 Å². The zero-order valence-corrected chi connectivity index (χ0v) is 12.0. The van der Waals surface area contributed by atoms with Crippen LogP contribution in [-0.4, -0.2) is 14.4 Å². The molecule has 1 nitrogen and oxygen atoms in total. The molecule has 0 atom stereocenters. The van der Waals surface area contributed by atoms with Gasteiger partial charge in [-0.25, -0.2) is 26.3 Å². The minimum atomic E-state index is -2.05. The molecule has 0 saturated carbocycles. The summed E-state index contributed by atoms with van der Waals surface area (Å²) in [6, 6.07) is 0. The molecule has 0 N–H and O–H groups in total. The van der Waals surface area contributed by atoms with Gasteiger partial charge in [-0.3, -0.25) is 0 Å². The van der Waals surface area contributed by atoms with Crippen molar-refractivity contribution in [2.24, 2.45) is 0 Å². The van der Waals surface area contributed by atoms with Gasteiger partial charge in [-0.2, -0.15) is 8.78 Å². The van der Waals surface area contributed by atoms with Crippen molar-refractivity contribution in [1.29, 1.82) is 0 Å². The number of hydrogen-bond acceptors (Lipinski definition) is 1. The smallest absolute Gasteiger partial charge is 0.207 e. The second-order valence-corrected chi connectivity index (χ2v) is 4.64. The molecule has 2 rings (SSSR count). The summed E-state index contributed by atoms with van der Waals surface area (Å²) in [4.78, 5) is 0. The lowest BCUT2D eigenvalue weighted by molar-refractivity contribution is 0.335. The molecule has 0 spiro atoms. The van der Waals surface area contributed by atoms with Crippen molar-refractivity contribution in [2.75, 3.05) is 7.11 Å². The summed E-state index contributed by atoms with van der Waals surface area (Å²) in [5.74, 6) is -17.0. The van der Waals surface area contributed by atoms with E-state index < -0.39 is 68.8 Å². The highest BCUT2D eigenvalue weighted by Crippen LogP contribution is 2.25. The normalized spacial score (nSPS) is 10.9. The van der Waals surface area contributed by atoms with Gasteiger partial charge in [0.25, 0.3) is 0 Å². The molecule has 10 heteroatoms. The van der Waals surface area contributed by atoms with Gasteiger partial charge in [0.1, 0.15) is 0 Å². The van der Waals surface area contributed by atoms with Crippen molar-refractivity contribution in [3.8, 4) is 5.75 Å². The van der Waals surface area contributed by atoms with E-state index in [2.05, 4.69) is 4.74 Å². The van der Waals surface area contributed by atoms with Crippen LogP contribution in [0.5, 0.6) is 5.75 Å². The molecule has 0 unspecified atom stereocenters. The SMILES string of the molecule is COc1c(F)c(F)c([B]c2c(F)c(F)c(C)c(F)c2F)c(F)c1F. The van der Waals surface area contributed by atoms with Gasteiger partial charge in [0, 0.05) is 5.56 Å². The first-order valence-corrected chi connectivity index (χ1v) is 6.20. The number of ether oxygens (including phenoxy) is 1. The largest absolute Gasteiger partial charge is 0.491 e. The first-order chi connectivity index (χ1) is 11.1. The zero-order chi connectivity index (χ0) is 18.3. The summed E-state index contributed by atoms with van der Waals surface area (Å²) >= 11 is 0. The van der Waals surface area contributed by atoms with E-state index in [1.54, 1.807) is 0 Å². The van der Waals surface area contributed by atoms with E-state index in [9.17, 15) is 35.1 Å². The van der Waals surface area contributed by atoms with Gasteiger partial charge in [0.15, 0.2) is 40.7 Å². The Bertz CT molecular complexity index is 778. The van der Waals surface area contributed by atoms with Crippen LogP contribution in [0.25, 0.3) is 0 Å². The molecule has 0 aliphatic heterocycles. The molecule has 0 aliphatic rings. The number of hydrogen-bond donors (Lipinski definition) is 0. The number of rotatable bonds is 3. The summed E-state index contributed by atoms with van der Waals surface area (Å²) in [7, 11) is 0.653. The first-order valence-electron chi connectivity index (χ1n) is 6.20. The van der Waals surface area contributed by atoms with Crippen LogP contribution < -0.4 is 15.7 Å². The second-order valence-electron chi connectivity index (χ2n) is 4.64. The molecular weight excluding hydrogens is 347 g/mol. The summed E-state index contributed by atoms with van der Waals surface area (Å²) in [5.41, 5.74) is -4.10. The van der Waals surface area contributed by atoms with E-state index in [1.165, 1.54) is 0 Å². The van der Waals surface area contributed by atoms with Crippen LogP contribution in [0, 0.1) is 53.5 Å². The number of methoxy groups -OCH3 is 1. The molecule has 0 aliphatic carbocycles. The Balaban J connectivity index is 2.71. The Morgan fingerprint density at radius 1 is 0.583 bits per heavy atom. The van der Waals surface area contributed by atoms with E-state index in [1.807, 2.05) is 0 Å². The Hall–Kier alpha value is -2.26. The Morgan fingerprint density at radius 3 is 1.25 bits per heavy atom. The third kappa shape index (κ3) is 2.59. The number of halogens is 8. The Labute approximate surface area is 131 Å². The van der Waals surface area contributed by atoms with Crippen molar-refractivity contribution in [3.05, 3.63) is 52.1 Å². The lowest BCUT2D eigenvalue weighted by atomic mass is 9.62. The van der Waals surface area contributed by atoms with Crippen LogP contribution in [0.2, 0.25) is 0 Å². The predicted molar refractivity (Wildman–Crippen MR) is 68.9 cm³/mol. The highest BCUT2D eigenvalue weighted by molar-refractivity contribution is 6.67. The topological polar surface area (TPSA) is 9.23 Å². The molecule has 0 heterocycles. The van der Waals surface area contributed by atoms with Crippen molar-refractivity contribution >= 4 is 18.2 Å². The van der Waals surface area contributed by atoms with Crippen LogP contribution in [0.15, 0.2) is 0 Å². The molecule has 2 aromatic carbocycles. The van der Waals surface area contributed by atoms with E-state index >= 15 is 0 Å². The lowest BCUT2D eigenvalue weighted by Gasteiger charge is -2.13. The van der Waals surface area contributed by atoms with Crippen molar-refractivity contribution in [2.45, 2.75) is 6.92 Å². The highest BCUT2D eigenvalue weighted by atomic mass is 19.2. The molecule has 0 amide bonds. The van der Waals surface area contributed by atoms with E-state index in [0.717, 1.165) is 14.0 Å². The van der Waals surface area contributed by atoms with E-state index in [4.69, 9.17) is 0 Å². The van der Waals surface area contributed by atoms with Gasteiger partial charge in [0.2, 0.25) is 18.9 Å². The molecule has 0 bridgehead atoms. The molecule has 0 fully saturated rings. The molecule has 24 heavy (non-hydrogen) atoms. The molecule has 127 valence electrons. The average molecular weight is 353 g/mol. The summed E-state index contributed by atoms with van der Waals surface area (Å²) in [6.45, 7) is 0.731. The Kier molecular flexibility index (Phi) is 4.77. The minimum Gasteiger partial charge on any atom is -0.491 e. The number of benzene rings is 2. The monoisotopic (exact) mass is 353 g/mol. The summed E-state index contributed by atoms with van der Waals surface area (Å²) in [6.07, 6.45) is 0. The maximum atomic E-state index is 13.8. The molecule has 0 saturated heterocycles. The molecule has 0 aromatic heterocycles. The fourth-order valence-corrected chi connectivity index (χ4v) is 1.96. The zero-order valence-electron chi connectivity index (χ0n) is 12.0. The van der Waals surface area contributed by atoms with E-state index in [0.29, 0.717) is 0 Å². The summed E-state index contributed by atoms with van der Waals surface area (Å²) in [5, 5.41) is 0. The van der Waals surface area contributed by atoms with Gasteiger partial charge >= 0.3 is 0 Å². The maximum absolute atomic E-state index is 13.8. The van der Waals surface area contributed by atoms with Gasteiger partial charge in [0.05, 0.1) is 7.11 Å².